The fourth-order valence-electron chi connectivity index (χ4n) is 3.03. The maximum Gasteiger partial charge on any atom is 0.231 e. The Kier molecular flexibility index (Phi) is 3.76. The van der Waals surface area contributed by atoms with Crippen molar-refractivity contribution in [3.8, 4) is 11.5 Å². The number of carbonyl (C=O) groups is 2. The van der Waals surface area contributed by atoms with E-state index in [0.717, 1.165) is 5.69 Å². The lowest BCUT2D eigenvalue weighted by Gasteiger charge is -2.17. The first kappa shape index (κ1) is 15.4. The molecule has 1 atom stereocenters. The molecule has 1 aromatic heterocycles. The van der Waals surface area contributed by atoms with E-state index in [-0.39, 0.29) is 25.0 Å². The van der Waals surface area contributed by atoms with Gasteiger partial charge in [0.15, 0.2) is 11.5 Å². The Labute approximate surface area is 144 Å². The Morgan fingerprint density at radius 2 is 2.08 bits per heavy atom. The Balaban J connectivity index is 1.47. The van der Waals surface area contributed by atoms with Gasteiger partial charge in [-0.1, -0.05) is 6.07 Å². The zero-order chi connectivity index (χ0) is 17.4. The highest BCUT2D eigenvalue weighted by atomic mass is 16.7. The maximum absolute atomic E-state index is 12.5. The number of aromatic nitrogens is 1. The minimum atomic E-state index is -0.416. The van der Waals surface area contributed by atoms with Crippen LogP contribution < -0.4 is 19.7 Å². The second kappa shape index (κ2) is 6.08. The van der Waals surface area contributed by atoms with E-state index in [1.165, 1.54) is 0 Å². The van der Waals surface area contributed by atoms with Crippen LogP contribution in [0.1, 0.15) is 12.1 Å². The van der Waals surface area contributed by atoms with Gasteiger partial charge in [0, 0.05) is 30.4 Å². The van der Waals surface area contributed by atoms with Gasteiger partial charge in [-0.05, 0) is 31.2 Å². The number of fused-ring (bicyclic) bond motifs is 1. The molecule has 2 aliphatic rings. The SMILES string of the molecule is Cc1cccc(NC(=O)[C@@H]2CC(=O)N(c3ccc4c(c3)OCO4)C2)n1. The van der Waals surface area contributed by atoms with Crippen molar-refractivity contribution in [2.24, 2.45) is 5.92 Å². The summed E-state index contributed by atoms with van der Waals surface area (Å²) < 4.78 is 10.6. The topological polar surface area (TPSA) is 80.8 Å². The lowest BCUT2D eigenvalue weighted by atomic mass is 10.1. The smallest absolute Gasteiger partial charge is 0.231 e. The van der Waals surface area contributed by atoms with E-state index >= 15 is 0 Å². The third-order valence-corrected chi connectivity index (χ3v) is 4.30. The summed E-state index contributed by atoms with van der Waals surface area (Å²) in [5, 5.41) is 2.79. The molecule has 0 unspecified atom stereocenters. The van der Waals surface area contributed by atoms with Gasteiger partial charge in [0.25, 0.3) is 0 Å². The standard InChI is InChI=1S/C18H17N3O4/c1-11-3-2-4-16(19-11)20-18(23)12-7-17(22)21(9-12)13-5-6-14-15(8-13)25-10-24-14/h2-6,8,12H,7,9-10H2,1H3,(H,19,20,23)/t12-/m1/s1. The summed E-state index contributed by atoms with van der Waals surface area (Å²) in [5.41, 5.74) is 1.53. The van der Waals surface area contributed by atoms with Crippen LogP contribution in [0.15, 0.2) is 36.4 Å². The molecule has 1 N–H and O–H groups in total. The molecule has 1 fully saturated rings. The molecule has 0 aliphatic carbocycles. The van der Waals surface area contributed by atoms with Crippen molar-refractivity contribution in [3.63, 3.8) is 0 Å². The number of amides is 2. The van der Waals surface area contributed by atoms with Crippen LogP contribution in [-0.2, 0) is 9.59 Å². The van der Waals surface area contributed by atoms with E-state index in [2.05, 4.69) is 10.3 Å². The quantitative estimate of drug-likeness (QED) is 0.926. The highest BCUT2D eigenvalue weighted by Crippen LogP contribution is 2.37. The number of aryl methyl sites for hydroxylation is 1. The van der Waals surface area contributed by atoms with Crippen LogP contribution in [0.5, 0.6) is 11.5 Å². The van der Waals surface area contributed by atoms with Gasteiger partial charge >= 0.3 is 0 Å². The highest BCUT2D eigenvalue weighted by molar-refractivity contribution is 6.03. The van der Waals surface area contributed by atoms with Crippen LogP contribution in [0.25, 0.3) is 0 Å². The first-order valence-corrected chi connectivity index (χ1v) is 8.05. The van der Waals surface area contributed by atoms with E-state index in [1.807, 2.05) is 19.1 Å². The van der Waals surface area contributed by atoms with Crippen molar-refractivity contribution in [3.05, 3.63) is 42.1 Å². The Morgan fingerprint density at radius 3 is 2.92 bits per heavy atom. The molecule has 7 heteroatoms. The summed E-state index contributed by atoms with van der Waals surface area (Å²) in [7, 11) is 0. The van der Waals surface area contributed by atoms with Gasteiger partial charge in [-0.25, -0.2) is 4.98 Å². The summed E-state index contributed by atoms with van der Waals surface area (Å²) in [6.07, 6.45) is 0.173. The van der Waals surface area contributed by atoms with Crippen molar-refractivity contribution >= 4 is 23.3 Å². The number of hydrogen-bond donors (Lipinski definition) is 1. The highest BCUT2D eigenvalue weighted by Gasteiger charge is 2.35. The molecule has 3 heterocycles. The molecule has 1 saturated heterocycles. The number of pyridine rings is 1. The molecular weight excluding hydrogens is 322 g/mol. The molecule has 0 bridgehead atoms. The molecule has 2 aliphatic heterocycles. The summed E-state index contributed by atoms with van der Waals surface area (Å²) in [4.78, 5) is 30.7. The fraction of sp³-hybridized carbons (Fsp3) is 0.278. The zero-order valence-electron chi connectivity index (χ0n) is 13.7. The lowest BCUT2D eigenvalue weighted by molar-refractivity contribution is -0.122. The third-order valence-electron chi connectivity index (χ3n) is 4.30. The number of rotatable bonds is 3. The number of anilines is 2. The van der Waals surface area contributed by atoms with Crippen molar-refractivity contribution in [1.29, 1.82) is 0 Å². The van der Waals surface area contributed by atoms with E-state index in [4.69, 9.17) is 9.47 Å². The molecule has 7 nitrogen and oxygen atoms in total. The van der Waals surface area contributed by atoms with Gasteiger partial charge in [-0.2, -0.15) is 0 Å². The number of nitrogens with one attached hydrogen (secondary N) is 1. The maximum atomic E-state index is 12.5. The summed E-state index contributed by atoms with van der Waals surface area (Å²) in [6.45, 7) is 2.37. The molecule has 4 rings (SSSR count). The molecule has 2 aromatic rings. The van der Waals surface area contributed by atoms with Crippen LogP contribution in [0.4, 0.5) is 11.5 Å². The lowest BCUT2D eigenvalue weighted by Crippen LogP contribution is -2.28. The van der Waals surface area contributed by atoms with Crippen LogP contribution in [0, 0.1) is 12.8 Å². The van der Waals surface area contributed by atoms with Crippen LogP contribution in [0.3, 0.4) is 0 Å². The van der Waals surface area contributed by atoms with E-state index in [9.17, 15) is 9.59 Å². The second-order valence-electron chi connectivity index (χ2n) is 6.10. The van der Waals surface area contributed by atoms with Crippen molar-refractivity contribution in [2.45, 2.75) is 13.3 Å². The molecule has 1 aromatic carbocycles. The minimum Gasteiger partial charge on any atom is -0.454 e. The number of benzene rings is 1. The van der Waals surface area contributed by atoms with Gasteiger partial charge in [0.2, 0.25) is 18.6 Å². The van der Waals surface area contributed by atoms with Crippen molar-refractivity contribution in [1.82, 2.24) is 4.98 Å². The summed E-state index contributed by atoms with van der Waals surface area (Å²) in [6, 6.07) is 10.8. The Bertz CT molecular complexity index is 852. The van der Waals surface area contributed by atoms with E-state index in [0.29, 0.717) is 29.5 Å². The molecule has 0 spiro atoms. The molecular formula is C18H17N3O4. The van der Waals surface area contributed by atoms with Gasteiger partial charge in [0.1, 0.15) is 5.82 Å². The molecule has 0 radical (unpaired) electrons. The Morgan fingerprint density at radius 1 is 1.24 bits per heavy atom. The molecule has 128 valence electrons. The molecule has 25 heavy (non-hydrogen) atoms. The number of nitrogens with zero attached hydrogens (tertiary/aromatic N) is 2. The molecule has 0 saturated carbocycles. The van der Waals surface area contributed by atoms with E-state index < -0.39 is 5.92 Å². The van der Waals surface area contributed by atoms with Crippen molar-refractivity contribution < 1.29 is 19.1 Å². The average Bonchev–Trinajstić information content (AvgIpc) is 3.20. The predicted octanol–water partition coefficient (Wildman–Crippen LogP) is 2.11. The minimum absolute atomic E-state index is 0.0868. The number of carbonyl (C=O) groups excluding carboxylic acids is 2. The third kappa shape index (κ3) is 3.00. The molecule has 2 amide bonds. The second-order valence-corrected chi connectivity index (χ2v) is 6.10. The largest absolute Gasteiger partial charge is 0.454 e. The van der Waals surface area contributed by atoms with Gasteiger partial charge in [0.05, 0.1) is 5.92 Å². The predicted molar refractivity (Wildman–Crippen MR) is 90.6 cm³/mol. The van der Waals surface area contributed by atoms with Crippen LogP contribution in [-0.4, -0.2) is 30.1 Å². The monoisotopic (exact) mass is 339 g/mol. The first-order chi connectivity index (χ1) is 12.1. The number of ether oxygens (including phenoxy) is 2. The van der Waals surface area contributed by atoms with Gasteiger partial charge in [-0.15, -0.1) is 0 Å². The van der Waals surface area contributed by atoms with E-state index in [1.54, 1.807) is 29.2 Å². The fourth-order valence-corrected chi connectivity index (χ4v) is 3.03. The first-order valence-electron chi connectivity index (χ1n) is 8.05. The van der Waals surface area contributed by atoms with Gasteiger partial charge < -0.3 is 19.7 Å². The summed E-state index contributed by atoms with van der Waals surface area (Å²) in [5.74, 6) is 1.07. The van der Waals surface area contributed by atoms with Gasteiger partial charge in [-0.3, -0.25) is 9.59 Å². The van der Waals surface area contributed by atoms with Crippen LogP contribution in [0.2, 0.25) is 0 Å². The van der Waals surface area contributed by atoms with Crippen LogP contribution >= 0.6 is 0 Å². The Hall–Kier alpha value is -3.09. The average molecular weight is 339 g/mol. The normalized spacial score (nSPS) is 18.5. The summed E-state index contributed by atoms with van der Waals surface area (Å²) >= 11 is 0. The zero-order valence-corrected chi connectivity index (χ0v) is 13.7. The van der Waals surface area contributed by atoms with Crippen molar-refractivity contribution in [2.75, 3.05) is 23.6 Å². The number of hydrogen-bond acceptors (Lipinski definition) is 5.